The van der Waals surface area contributed by atoms with Crippen LogP contribution in [0.15, 0.2) is 22.7 Å². The third-order valence-corrected chi connectivity index (χ3v) is 4.32. The van der Waals surface area contributed by atoms with Crippen molar-refractivity contribution in [3.8, 4) is 5.75 Å². The fourth-order valence-corrected chi connectivity index (χ4v) is 3.14. The summed E-state index contributed by atoms with van der Waals surface area (Å²) in [6.45, 7) is 3.48. The second kappa shape index (κ2) is 7.32. The van der Waals surface area contributed by atoms with Crippen LogP contribution in [0.3, 0.4) is 0 Å². The summed E-state index contributed by atoms with van der Waals surface area (Å²) in [5.74, 6) is 0.707. The van der Waals surface area contributed by atoms with E-state index in [2.05, 4.69) is 15.9 Å². The number of hydrogen-bond acceptors (Lipinski definition) is 2. The lowest BCUT2D eigenvalue weighted by Crippen LogP contribution is -2.41. The van der Waals surface area contributed by atoms with Crippen molar-refractivity contribution in [2.75, 3.05) is 13.1 Å². The molecule has 1 aliphatic heterocycles. The van der Waals surface area contributed by atoms with E-state index in [9.17, 15) is 4.79 Å². The standard InChI is InChI=1S/C15H19BrClNO2/c1-11(15(19)18-8-4-2-3-5-9-18)20-14-7-6-12(17)10-13(14)16/h6-7,10-11H,2-5,8-9H2,1H3. The van der Waals surface area contributed by atoms with Gasteiger partial charge in [-0.2, -0.15) is 0 Å². The van der Waals surface area contributed by atoms with E-state index in [-0.39, 0.29) is 5.91 Å². The molecule has 110 valence electrons. The Labute approximate surface area is 133 Å². The lowest BCUT2D eigenvalue weighted by molar-refractivity contribution is -0.137. The summed E-state index contributed by atoms with van der Waals surface area (Å²) in [6.07, 6.45) is 4.11. The number of likely N-dealkylation sites (tertiary alicyclic amines) is 1. The number of nitrogens with zero attached hydrogens (tertiary/aromatic N) is 1. The van der Waals surface area contributed by atoms with Crippen LogP contribution in [-0.2, 0) is 4.79 Å². The molecule has 1 fully saturated rings. The maximum atomic E-state index is 12.4. The Balaban J connectivity index is 1.99. The van der Waals surface area contributed by atoms with Gasteiger partial charge in [-0.1, -0.05) is 24.4 Å². The maximum Gasteiger partial charge on any atom is 0.263 e. The molecular weight excluding hydrogens is 342 g/mol. The van der Waals surface area contributed by atoms with Gasteiger partial charge in [0.25, 0.3) is 5.91 Å². The molecular formula is C15H19BrClNO2. The molecule has 1 amide bonds. The van der Waals surface area contributed by atoms with Crippen LogP contribution < -0.4 is 4.74 Å². The van der Waals surface area contributed by atoms with E-state index in [1.165, 1.54) is 12.8 Å². The largest absolute Gasteiger partial charge is 0.480 e. The Morgan fingerprint density at radius 2 is 1.95 bits per heavy atom. The van der Waals surface area contributed by atoms with Gasteiger partial charge in [0.1, 0.15) is 5.75 Å². The summed E-state index contributed by atoms with van der Waals surface area (Å²) in [6, 6.07) is 5.30. The first-order valence-corrected chi connectivity index (χ1v) is 8.15. The first kappa shape index (κ1) is 15.6. The van der Waals surface area contributed by atoms with Crippen molar-refractivity contribution in [1.82, 2.24) is 4.90 Å². The lowest BCUT2D eigenvalue weighted by Gasteiger charge is -2.24. The van der Waals surface area contributed by atoms with Gasteiger partial charge in [0.2, 0.25) is 0 Å². The molecule has 1 aliphatic rings. The third-order valence-electron chi connectivity index (χ3n) is 3.46. The highest BCUT2D eigenvalue weighted by Crippen LogP contribution is 2.29. The van der Waals surface area contributed by atoms with Crippen LogP contribution in [0.2, 0.25) is 5.02 Å². The maximum absolute atomic E-state index is 12.4. The second-order valence-corrected chi connectivity index (χ2v) is 6.37. The summed E-state index contributed by atoms with van der Waals surface area (Å²) in [4.78, 5) is 14.3. The van der Waals surface area contributed by atoms with Crippen LogP contribution >= 0.6 is 27.5 Å². The molecule has 0 bridgehead atoms. The number of ether oxygens (including phenoxy) is 1. The molecule has 1 saturated heterocycles. The van der Waals surface area contributed by atoms with E-state index >= 15 is 0 Å². The summed E-state index contributed by atoms with van der Waals surface area (Å²) in [5, 5.41) is 0.635. The van der Waals surface area contributed by atoms with Crippen molar-refractivity contribution in [2.24, 2.45) is 0 Å². The van der Waals surface area contributed by atoms with E-state index < -0.39 is 6.10 Å². The van der Waals surface area contributed by atoms with Crippen LogP contribution in [0, 0.1) is 0 Å². The van der Waals surface area contributed by atoms with Crippen LogP contribution in [0.1, 0.15) is 32.6 Å². The highest BCUT2D eigenvalue weighted by molar-refractivity contribution is 9.10. The Morgan fingerprint density at radius 1 is 1.30 bits per heavy atom. The molecule has 1 heterocycles. The van der Waals surface area contributed by atoms with E-state index in [0.717, 1.165) is 30.4 Å². The molecule has 0 N–H and O–H groups in total. The SMILES string of the molecule is CC(Oc1ccc(Cl)cc1Br)C(=O)N1CCCCCC1. The number of benzene rings is 1. The Morgan fingerprint density at radius 3 is 2.55 bits per heavy atom. The summed E-state index contributed by atoms with van der Waals surface area (Å²) >= 11 is 9.29. The average Bonchev–Trinajstić information content (AvgIpc) is 2.70. The topological polar surface area (TPSA) is 29.5 Å². The molecule has 0 saturated carbocycles. The fourth-order valence-electron chi connectivity index (χ4n) is 2.36. The van der Waals surface area contributed by atoms with Crippen LogP contribution in [0.5, 0.6) is 5.75 Å². The predicted octanol–water partition coefficient (Wildman–Crippen LogP) is 4.27. The van der Waals surface area contributed by atoms with Crippen LogP contribution in [-0.4, -0.2) is 30.0 Å². The van der Waals surface area contributed by atoms with Gasteiger partial charge >= 0.3 is 0 Å². The van der Waals surface area contributed by atoms with Crippen LogP contribution in [0.25, 0.3) is 0 Å². The smallest absolute Gasteiger partial charge is 0.263 e. The van der Waals surface area contributed by atoms with Crippen molar-refractivity contribution in [2.45, 2.75) is 38.7 Å². The van der Waals surface area contributed by atoms with Gasteiger partial charge in [-0.15, -0.1) is 0 Å². The molecule has 0 aromatic heterocycles. The molecule has 5 heteroatoms. The molecule has 1 atom stereocenters. The molecule has 0 spiro atoms. The normalized spacial score (nSPS) is 17.4. The quantitative estimate of drug-likeness (QED) is 0.805. The van der Waals surface area contributed by atoms with E-state index in [0.29, 0.717) is 10.8 Å². The number of hydrogen-bond donors (Lipinski definition) is 0. The average molecular weight is 361 g/mol. The second-order valence-electron chi connectivity index (χ2n) is 5.07. The lowest BCUT2D eigenvalue weighted by atomic mass is 10.2. The van der Waals surface area contributed by atoms with Gasteiger partial charge in [0, 0.05) is 18.1 Å². The minimum atomic E-state index is -0.481. The minimum absolute atomic E-state index is 0.0637. The van der Waals surface area contributed by atoms with Crippen molar-refractivity contribution >= 4 is 33.4 Å². The van der Waals surface area contributed by atoms with E-state index in [1.54, 1.807) is 25.1 Å². The van der Waals surface area contributed by atoms with Gasteiger partial charge < -0.3 is 9.64 Å². The monoisotopic (exact) mass is 359 g/mol. The van der Waals surface area contributed by atoms with Gasteiger partial charge in [-0.05, 0) is 53.9 Å². The summed E-state index contributed by atoms with van der Waals surface area (Å²) < 4.78 is 6.52. The van der Waals surface area contributed by atoms with Gasteiger partial charge in [0.15, 0.2) is 6.10 Å². The molecule has 2 rings (SSSR count). The molecule has 1 unspecified atom stereocenters. The third kappa shape index (κ3) is 4.13. The number of amides is 1. The number of carbonyl (C=O) groups is 1. The van der Waals surface area contributed by atoms with Gasteiger partial charge in [-0.25, -0.2) is 0 Å². The first-order chi connectivity index (χ1) is 9.58. The number of rotatable bonds is 3. The first-order valence-electron chi connectivity index (χ1n) is 6.98. The zero-order valence-corrected chi connectivity index (χ0v) is 13.9. The zero-order chi connectivity index (χ0) is 14.5. The van der Waals surface area contributed by atoms with Gasteiger partial charge in [-0.3, -0.25) is 4.79 Å². The highest BCUT2D eigenvalue weighted by Gasteiger charge is 2.23. The molecule has 3 nitrogen and oxygen atoms in total. The number of halogens is 2. The van der Waals surface area contributed by atoms with Crippen LogP contribution in [0.4, 0.5) is 0 Å². The van der Waals surface area contributed by atoms with Gasteiger partial charge in [0.05, 0.1) is 4.47 Å². The zero-order valence-electron chi connectivity index (χ0n) is 11.6. The molecule has 1 aromatic rings. The minimum Gasteiger partial charge on any atom is -0.480 e. The molecule has 0 aliphatic carbocycles. The van der Waals surface area contributed by atoms with Crippen molar-refractivity contribution in [1.29, 1.82) is 0 Å². The summed E-state index contributed by atoms with van der Waals surface area (Å²) in [7, 11) is 0. The Kier molecular flexibility index (Phi) is 5.73. The van der Waals surface area contributed by atoms with E-state index in [1.807, 2.05) is 4.90 Å². The van der Waals surface area contributed by atoms with Crippen molar-refractivity contribution < 1.29 is 9.53 Å². The predicted molar refractivity (Wildman–Crippen MR) is 84.3 cm³/mol. The van der Waals surface area contributed by atoms with E-state index in [4.69, 9.17) is 16.3 Å². The number of carbonyl (C=O) groups excluding carboxylic acids is 1. The Hall–Kier alpha value is -0.740. The highest BCUT2D eigenvalue weighted by atomic mass is 79.9. The molecule has 0 radical (unpaired) electrons. The summed E-state index contributed by atoms with van der Waals surface area (Å²) in [5.41, 5.74) is 0. The van der Waals surface area contributed by atoms with Crippen molar-refractivity contribution in [3.63, 3.8) is 0 Å². The Bertz CT molecular complexity index is 473. The van der Waals surface area contributed by atoms with Crippen molar-refractivity contribution in [3.05, 3.63) is 27.7 Å². The molecule has 20 heavy (non-hydrogen) atoms. The fraction of sp³-hybridized carbons (Fsp3) is 0.533. The molecule has 1 aromatic carbocycles.